The first kappa shape index (κ1) is 14.7. The Labute approximate surface area is 116 Å². The molecule has 1 saturated heterocycles. The highest BCUT2D eigenvalue weighted by Crippen LogP contribution is 2.24. The molecule has 1 aliphatic heterocycles. The third-order valence-corrected chi connectivity index (χ3v) is 5.15. The summed E-state index contributed by atoms with van der Waals surface area (Å²) in [5.74, 6) is -0.996. The fraction of sp³-hybridized carbons (Fsp3) is 0.417. The number of anilines is 1. The number of nitrogens with two attached hydrogens (primary N) is 1. The number of amides is 1. The van der Waals surface area contributed by atoms with Gasteiger partial charge < -0.3 is 11.1 Å². The number of nitrogens with one attached hydrogen (secondary N) is 1. The van der Waals surface area contributed by atoms with E-state index in [0.717, 1.165) is 22.5 Å². The summed E-state index contributed by atoms with van der Waals surface area (Å²) < 4.78 is 39.3. The van der Waals surface area contributed by atoms with Gasteiger partial charge in [-0.3, -0.25) is 4.79 Å². The van der Waals surface area contributed by atoms with Crippen LogP contribution in [0.15, 0.2) is 23.1 Å². The predicted octanol–water partition coefficient (Wildman–Crippen LogP) is 0.307. The lowest BCUT2D eigenvalue weighted by atomic mass is 10.2. The Kier molecular flexibility index (Phi) is 3.96. The highest BCUT2D eigenvalue weighted by atomic mass is 32.2. The molecule has 0 spiro atoms. The molecule has 2 rings (SSSR count). The average molecular weight is 301 g/mol. The van der Waals surface area contributed by atoms with Gasteiger partial charge in [-0.15, -0.1) is 0 Å². The Bertz CT molecular complexity index is 633. The monoisotopic (exact) mass is 301 g/mol. The van der Waals surface area contributed by atoms with Crippen molar-refractivity contribution in [3.05, 3.63) is 24.0 Å². The fourth-order valence-electron chi connectivity index (χ4n) is 2.19. The maximum absolute atomic E-state index is 13.1. The number of nitrogens with zero attached hydrogens (tertiary/aromatic N) is 1. The number of nitrogen functional groups attached to an aromatic ring is 1. The summed E-state index contributed by atoms with van der Waals surface area (Å²) in [6.07, 6.45) is 0.363. The first-order chi connectivity index (χ1) is 9.37. The lowest BCUT2D eigenvalue weighted by Gasteiger charge is -2.33. The van der Waals surface area contributed by atoms with E-state index in [1.807, 2.05) is 0 Å². The maximum atomic E-state index is 13.1. The minimum Gasteiger partial charge on any atom is -0.396 e. The highest BCUT2D eigenvalue weighted by Gasteiger charge is 2.37. The second-order valence-corrected chi connectivity index (χ2v) is 6.40. The minimum absolute atomic E-state index is 0.107. The number of sulfonamides is 1. The molecule has 0 bridgehead atoms. The van der Waals surface area contributed by atoms with Crippen LogP contribution in [-0.2, 0) is 14.8 Å². The van der Waals surface area contributed by atoms with E-state index in [-0.39, 0.29) is 29.6 Å². The first-order valence-corrected chi connectivity index (χ1v) is 7.66. The lowest BCUT2D eigenvalue weighted by Crippen LogP contribution is -2.56. The van der Waals surface area contributed by atoms with Gasteiger partial charge in [-0.05, 0) is 24.6 Å². The van der Waals surface area contributed by atoms with Crippen LogP contribution in [-0.4, -0.2) is 37.8 Å². The molecule has 0 radical (unpaired) electrons. The van der Waals surface area contributed by atoms with Crippen molar-refractivity contribution in [3.63, 3.8) is 0 Å². The van der Waals surface area contributed by atoms with Crippen molar-refractivity contribution in [2.24, 2.45) is 0 Å². The van der Waals surface area contributed by atoms with E-state index in [0.29, 0.717) is 6.42 Å². The van der Waals surface area contributed by atoms with Gasteiger partial charge in [-0.1, -0.05) is 6.92 Å². The summed E-state index contributed by atoms with van der Waals surface area (Å²) in [5.41, 5.74) is 5.17. The van der Waals surface area contributed by atoms with E-state index >= 15 is 0 Å². The number of carbonyl (C=O) groups is 1. The van der Waals surface area contributed by atoms with Crippen LogP contribution in [0.1, 0.15) is 13.3 Å². The van der Waals surface area contributed by atoms with Crippen molar-refractivity contribution in [1.82, 2.24) is 9.62 Å². The first-order valence-electron chi connectivity index (χ1n) is 6.22. The molecule has 110 valence electrons. The second-order valence-electron chi connectivity index (χ2n) is 4.51. The molecule has 0 aromatic heterocycles. The Hall–Kier alpha value is -1.67. The number of benzene rings is 1. The van der Waals surface area contributed by atoms with Crippen LogP contribution in [0.2, 0.25) is 0 Å². The molecule has 1 heterocycles. The summed E-state index contributed by atoms with van der Waals surface area (Å²) in [5, 5.41) is 2.63. The quantitative estimate of drug-likeness (QED) is 0.786. The minimum atomic E-state index is -3.87. The van der Waals surface area contributed by atoms with E-state index in [2.05, 4.69) is 5.32 Å². The second kappa shape index (κ2) is 5.37. The SMILES string of the molecule is CCC1C(=O)NCCN1S(=O)(=O)c1ccc(F)c(N)c1. The van der Waals surface area contributed by atoms with E-state index in [9.17, 15) is 17.6 Å². The zero-order valence-electron chi connectivity index (χ0n) is 11.0. The van der Waals surface area contributed by atoms with Crippen LogP contribution in [0.5, 0.6) is 0 Å². The summed E-state index contributed by atoms with van der Waals surface area (Å²) in [7, 11) is -3.87. The van der Waals surface area contributed by atoms with Crippen molar-refractivity contribution < 1.29 is 17.6 Å². The van der Waals surface area contributed by atoms with Crippen molar-refractivity contribution in [2.45, 2.75) is 24.3 Å². The largest absolute Gasteiger partial charge is 0.396 e. The lowest BCUT2D eigenvalue weighted by molar-refractivity contribution is -0.126. The van der Waals surface area contributed by atoms with Crippen LogP contribution >= 0.6 is 0 Å². The molecule has 8 heteroatoms. The van der Waals surface area contributed by atoms with Gasteiger partial charge in [0.15, 0.2) is 0 Å². The van der Waals surface area contributed by atoms with E-state index < -0.39 is 21.9 Å². The smallest absolute Gasteiger partial charge is 0.243 e. The molecule has 1 amide bonds. The number of hydrogen-bond donors (Lipinski definition) is 2. The molecule has 1 unspecified atom stereocenters. The Morgan fingerprint density at radius 3 is 2.80 bits per heavy atom. The Morgan fingerprint density at radius 1 is 1.50 bits per heavy atom. The molecule has 0 aliphatic carbocycles. The van der Waals surface area contributed by atoms with Gasteiger partial charge in [0.1, 0.15) is 11.9 Å². The van der Waals surface area contributed by atoms with Crippen LogP contribution < -0.4 is 11.1 Å². The number of carbonyl (C=O) groups excluding carboxylic acids is 1. The third kappa shape index (κ3) is 2.48. The van der Waals surface area contributed by atoms with E-state index in [4.69, 9.17) is 5.73 Å². The standard InChI is InChI=1S/C12H16FN3O3S/c1-2-11-12(17)15-5-6-16(11)20(18,19)8-3-4-9(13)10(14)7-8/h3-4,7,11H,2,5-6,14H2,1H3,(H,15,17). The number of halogens is 1. The molecule has 3 N–H and O–H groups in total. The topological polar surface area (TPSA) is 92.5 Å². The van der Waals surface area contributed by atoms with Crippen molar-refractivity contribution in [3.8, 4) is 0 Å². The maximum Gasteiger partial charge on any atom is 0.243 e. The summed E-state index contributed by atoms with van der Waals surface area (Å²) >= 11 is 0. The third-order valence-electron chi connectivity index (χ3n) is 3.24. The number of hydrogen-bond acceptors (Lipinski definition) is 4. The van der Waals surface area contributed by atoms with Gasteiger partial charge in [-0.2, -0.15) is 4.31 Å². The van der Waals surface area contributed by atoms with Crippen LogP contribution in [0, 0.1) is 5.82 Å². The van der Waals surface area contributed by atoms with Crippen LogP contribution in [0.3, 0.4) is 0 Å². The molecule has 20 heavy (non-hydrogen) atoms. The van der Waals surface area contributed by atoms with Crippen molar-refractivity contribution in [2.75, 3.05) is 18.8 Å². The summed E-state index contributed by atoms with van der Waals surface area (Å²) in [4.78, 5) is 11.6. The molecule has 1 aromatic rings. The Balaban J connectivity index is 2.42. The molecule has 1 atom stereocenters. The van der Waals surface area contributed by atoms with Gasteiger partial charge in [0, 0.05) is 13.1 Å². The van der Waals surface area contributed by atoms with E-state index in [1.165, 1.54) is 0 Å². The number of rotatable bonds is 3. The van der Waals surface area contributed by atoms with Gasteiger partial charge in [-0.25, -0.2) is 12.8 Å². The van der Waals surface area contributed by atoms with E-state index in [1.54, 1.807) is 6.92 Å². The zero-order valence-corrected chi connectivity index (χ0v) is 11.8. The predicted molar refractivity (Wildman–Crippen MR) is 71.8 cm³/mol. The molecule has 1 aliphatic rings. The summed E-state index contributed by atoms with van der Waals surface area (Å²) in [6.45, 7) is 2.17. The molecule has 1 aromatic carbocycles. The van der Waals surface area contributed by atoms with Crippen LogP contribution in [0.25, 0.3) is 0 Å². The number of piperazine rings is 1. The Morgan fingerprint density at radius 2 is 2.20 bits per heavy atom. The molecule has 1 fully saturated rings. The van der Waals surface area contributed by atoms with Gasteiger partial charge >= 0.3 is 0 Å². The van der Waals surface area contributed by atoms with Gasteiger partial charge in [0.2, 0.25) is 15.9 Å². The average Bonchev–Trinajstić information content (AvgIpc) is 2.41. The van der Waals surface area contributed by atoms with Crippen LogP contribution in [0.4, 0.5) is 10.1 Å². The molecule has 0 saturated carbocycles. The van der Waals surface area contributed by atoms with Gasteiger partial charge in [0.05, 0.1) is 10.6 Å². The molecular formula is C12H16FN3O3S. The highest BCUT2D eigenvalue weighted by molar-refractivity contribution is 7.89. The summed E-state index contributed by atoms with van der Waals surface area (Å²) in [6, 6.07) is 2.48. The van der Waals surface area contributed by atoms with Crippen molar-refractivity contribution in [1.29, 1.82) is 0 Å². The normalized spacial score (nSPS) is 20.7. The van der Waals surface area contributed by atoms with Gasteiger partial charge in [0.25, 0.3) is 0 Å². The zero-order chi connectivity index (χ0) is 14.9. The molecule has 6 nitrogen and oxygen atoms in total. The van der Waals surface area contributed by atoms with Crippen molar-refractivity contribution >= 4 is 21.6 Å². The molecular weight excluding hydrogens is 285 g/mol. The fourth-order valence-corrected chi connectivity index (χ4v) is 3.89.